The van der Waals surface area contributed by atoms with Crippen molar-refractivity contribution in [1.82, 2.24) is 10.5 Å². The summed E-state index contributed by atoms with van der Waals surface area (Å²) < 4.78 is 5.26. The number of fused-ring (bicyclic) bond motifs is 1. The average molecular weight is 259 g/mol. The second-order valence-electron chi connectivity index (χ2n) is 4.45. The van der Waals surface area contributed by atoms with Gasteiger partial charge in [0.2, 0.25) is 5.91 Å². The van der Waals surface area contributed by atoms with E-state index in [2.05, 4.69) is 17.4 Å². The van der Waals surface area contributed by atoms with Gasteiger partial charge in [0.15, 0.2) is 11.4 Å². The second kappa shape index (κ2) is 4.38. The summed E-state index contributed by atoms with van der Waals surface area (Å²) in [6.45, 7) is 2.38. The van der Waals surface area contributed by atoms with Crippen molar-refractivity contribution in [2.24, 2.45) is 0 Å². The predicted molar refractivity (Wildman–Crippen MR) is 68.9 cm³/mol. The highest BCUT2D eigenvalue weighted by Crippen LogP contribution is 2.28. The summed E-state index contributed by atoms with van der Waals surface area (Å²) in [7, 11) is 0. The molecule has 3 amide bonds. The number of benzene rings is 1. The fraction of sp³-hybridized carbons (Fsp3) is 0.308. The van der Waals surface area contributed by atoms with Crippen LogP contribution < -0.4 is 10.2 Å². The first-order valence-corrected chi connectivity index (χ1v) is 6.18. The summed E-state index contributed by atoms with van der Waals surface area (Å²) in [5, 5.41) is 7.00. The Bertz CT molecular complexity index is 662. The predicted octanol–water partition coefficient (Wildman–Crippen LogP) is 1.84. The minimum atomic E-state index is -0.453. The second-order valence-corrected chi connectivity index (χ2v) is 4.45. The molecule has 6 heteroatoms. The SMILES string of the molecule is CCc1ccc2c(N3CCC(=O)NC3=O)noc2c1. The number of anilines is 1. The van der Waals surface area contributed by atoms with Gasteiger partial charge in [-0.05, 0) is 24.1 Å². The Hall–Kier alpha value is -2.37. The van der Waals surface area contributed by atoms with Crippen molar-refractivity contribution in [3.05, 3.63) is 23.8 Å². The van der Waals surface area contributed by atoms with Crippen LogP contribution >= 0.6 is 0 Å². The molecule has 1 aliphatic rings. The van der Waals surface area contributed by atoms with Crippen LogP contribution in [-0.2, 0) is 11.2 Å². The van der Waals surface area contributed by atoms with Crippen LogP contribution in [0, 0.1) is 0 Å². The van der Waals surface area contributed by atoms with E-state index in [1.165, 1.54) is 4.90 Å². The molecule has 1 aliphatic heterocycles. The van der Waals surface area contributed by atoms with Crippen molar-refractivity contribution in [1.29, 1.82) is 0 Å². The molecule has 98 valence electrons. The minimum Gasteiger partial charge on any atom is -0.354 e. The highest BCUT2D eigenvalue weighted by atomic mass is 16.5. The number of amides is 3. The molecule has 3 rings (SSSR count). The highest BCUT2D eigenvalue weighted by molar-refractivity contribution is 6.08. The quantitative estimate of drug-likeness (QED) is 0.892. The van der Waals surface area contributed by atoms with E-state index >= 15 is 0 Å². The molecule has 2 heterocycles. The van der Waals surface area contributed by atoms with Crippen LogP contribution in [0.25, 0.3) is 11.0 Å². The lowest BCUT2D eigenvalue weighted by molar-refractivity contribution is -0.120. The number of nitrogens with zero attached hydrogens (tertiary/aromatic N) is 2. The average Bonchev–Trinajstić information content (AvgIpc) is 2.81. The Morgan fingerprint density at radius 3 is 3.00 bits per heavy atom. The Kier molecular flexibility index (Phi) is 2.70. The third-order valence-corrected chi connectivity index (χ3v) is 3.24. The van der Waals surface area contributed by atoms with E-state index in [4.69, 9.17) is 4.52 Å². The van der Waals surface area contributed by atoms with Crippen LogP contribution in [0.15, 0.2) is 22.7 Å². The highest BCUT2D eigenvalue weighted by Gasteiger charge is 2.27. The summed E-state index contributed by atoms with van der Waals surface area (Å²) in [4.78, 5) is 24.3. The van der Waals surface area contributed by atoms with Crippen molar-refractivity contribution in [2.45, 2.75) is 19.8 Å². The molecular formula is C13H13N3O3. The van der Waals surface area contributed by atoms with Gasteiger partial charge < -0.3 is 4.52 Å². The Morgan fingerprint density at radius 1 is 1.42 bits per heavy atom. The third kappa shape index (κ3) is 1.95. The molecule has 0 bridgehead atoms. The number of carbonyl (C=O) groups is 2. The maximum absolute atomic E-state index is 11.8. The number of hydrogen-bond acceptors (Lipinski definition) is 4. The Labute approximate surface area is 109 Å². The molecule has 1 aromatic carbocycles. The summed E-state index contributed by atoms with van der Waals surface area (Å²) in [5.74, 6) is 0.199. The molecule has 0 saturated carbocycles. The van der Waals surface area contributed by atoms with Gasteiger partial charge >= 0.3 is 6.03 Å². The maximum Gasteiger partial charge on any atom is 0.329 e. The molecule has 1 fully saturated rings. The number of hydrogen-bond donors (Lipinski definition) is 1. The molecule has 1 aromatic heterocycles. The zero-order valence-corrected chi connectivity index (χ0v) is 10.5. The first kappa shape index (κ1) is 11.7. The number of aromatic nitrogens is 1. The smallest absolute Gasteiger partial charge is 0.329 e. The van der Waals surface area contributed by atoms with Crippen molar-refractivity contribution < 1.29 is 14.1 Å². The molecule has 0 unspecified atom stereocenters. The van der Waals surface area contributed by atoms with E-state index in [-0.39, 0.29) is 12.3 Å². The normalized spacial score (nSPS) is 15.9. The topological polar surface area (TPSA) is 75.4 Å². The molecule has 2 aromatic rings. The number of urea groups is 1. The molecular weight excluding hydrogens is 246 g/mol. The van der Waals surface area contributed by atoms with Crippen molar-refractivity contribution in [2.75, 3.05) is 11.4 Å². The van der Waals surface area contributed by atoms with Gasteiger partial charge in [-0.1, -0.05) is 18.1 Å². The fourth-order valence-electron chi connectivity index (χ4n) is 2.15. The van der Waals surface area contributed by atoms with E-state index in [0.717, 1.165) is 17.4 Å². The fourth-order valence-corrected chi connectivity index (χ4v) is 2.15. The largest absolute Gasteiger partial charge is 0.354 e. The maximum atomic E-state index is 11.8. The first-order valence-electron chi connectivity index (χ1n) is 6.18. The van der Waals surface area contributed by atoms with Crippen LogP contribution in [0.2, 0.25) is 0 Å². The summed E-state index contributed by atoms with van der Waals surface area (Å²) in [5.41, 5.74) is 1.80. The van der Waals surface area contributed by atoms with Gasteiger partial charge in [0.25, 0.3) is 0 Å². The van der Waals surface area contributed by atoms with Gasteiger partial charge in [-0.15, -0.1) is 0 Å². The van der Waals surface area contributed by atoms with Gasteiger partial charge in [-0.2, -0.15) is 0 Å². The van der Waals surface area contributed by atoms with E-state index in [1.807, 2.05) is 18.2 Å². The molecule has 0 aliphatic carbocycles. The molecule has 1 saturated heterocycles. The number of imide groups is 1. The van der Waals surface area contributed by atoms with E-state index in [1.54, 1.807) is 0 Å². The monoisotopic (exact) mass is 259 g/mol. The van der Waals surface area contributed by atoms with Gasteiger partial charge in [0, 0.05) is 13.0 Å². The lowest BCUT2D eigenvalue weighted by Gasteiger charge is -2.24. The lowest BCUT2D eigenvalue weighted by atomic mass is 10.1. The number of nitrogens with one attached hydrogen (secondary N) is 1. The standard InChI is InChI=1S/C13H13N3O3/c1-2-8-3-4-9-10(7-8)19-15-12(9)16-6-5-11(17)14-13(16)18/h3-4,7H,2,5-6H2,1H3,(H,14,17,18). The number of aryl methyl sites for hydroxylation is 1. The zero-order valence-electron chi connectivity index (χ0n) is 10.5. The van der Waals surface area contributed by atoms with Crippen LogP contribution in [0.5, 0.6) is 0 Å². The van der Waals surface area contributed by atoms with Crippen LogP contribution in [0.1, 0.15) is 18.9 Å². The third-order valence-electron chi connectivity index (χ3n) is 3.24. The van der Waals surface area contributed by atoms with E-state index in [9.17, 15) is 9.59 Å². The molecule has 19 heavy (non-hydrogen) atoms. The first-order chi connectivity index (χ1) is 9.19. The number of rotatable bonds is 2. The molecule has 0 atom stereocenters. The molecule has 0 radical (unpaired) electrons. The van der Waals surface area contributed by atoms with Crippen molar-refractivity contribution >= 4 is 28.7 Å². The van der Waals surface area contributed by atoms with Gasteiger partial charge in [-0.25, -0.2) is 4.79 Å². The van der Waals surface area contributed by atoms with Crippen LogP contribution in [0.4, 0.5) is 10.6 Å². The Balaban J connectivity index is 2.01. The van der Waals surface area contributed by atoms with Crippen molar-refractivity contribution in [3.8, 4) is 0 Å². The van der Waals surface area contributed by atoms with E-state index in [0.29, 0.717) is 17.9 Å². The summed E-state index contributed by atoms with van der Waals surface area (Å²) in [6.07, 6.45) is 1.18. The van der Waals surface area contributed by atoms with Gasteiger partial charge in [0.05, 0.1) is 5.39 Å². The van der Waals surface area contributed by atoms with Crippen LogP contribution in [0.3, 0.4) is 0 Å². The lowest BCUT2D eigenvalue weighted by Crippen LogP contribution is -2.49. The minimum absolute atomic E-state index is 0.262. The molecule has 0 spiro atoms. The molecule has 1 N–H and O–H groups in total. The van der Waals surface area contributed by atoms with E-state index < -0.39 is 6.03 Å². The van der Waals surface area contributed by atoms with Gasteiger partial charge in [-0.3, -0.25) is 15.0 Å². The zero-order chi connectivity index (χ0) is 13.4. The van der Waals surface area contributed by atoms with Crippen molar-refractivity contribution in [3.63, 3.8) is 0 Å². The molecule has 6 nitrogen and oxygen atoms in total. The number of carbonyl (C=O) groups excluding carboxylic acids is 2. The van der Waals surface area contributed by atoms with Crippen LogP contribution in [-0.4, -0.2) is 23.6 Å². The summed E-state index contributed by atoms with van der Waals surface area (Å²) in [6, 6.07) is 5.34. The Morgan fingerprint density at radius 2 is 2.26 bits per heavy atom. The summed E-state index contributed by atoms with van der Waals surface area (Å²) >= 11 is 0. The van der Waals surface area contributed by atoms with Gasteiger partial charge in [0.1, 0.15) is 0 Å².